The molecule has 0 atom stereocenters. The number of halogens is 1. The first-order chi connectivity index (χ1) is 5.79. The SMILES string of the molecule is Cc1cnc2ncccc2c1I. The maximum absolute atomic E-state index is 4.23. The van der Waals surface area contributed by atoms with Gasteiger partial charge in [-0.3, -0.25) is 0 Å². The zero-order valence-corrected chi connectivity index (χ0v) is 8.74. The van der Waals surface area contributed by atoms with Crippen molar-refractivity contribution in [2.75, 3.05) is 0 Å². The van der Waals surface area contributed by atoms with E-state index in [1.54, 1.807) is 6.20 Å². The highest BCUT2D eigenvalue weighted by atomic mass is 127. The molecule has 0 aliphatic carbocycles. The lowest BCUT2D eigenvalue weighted by atomic mass is 10.2. The van der Waals surface area contributed by atoms with Gasteiger partial charge >= 0.3 is 0 Å². The molecule has 2 nitrogen and oxygen atoms in total. The molecule has 60 valence electrons. The van der Waals surface area contributed by atoms with E-state index in [2.05, 4.69) is 39.5 Å². The van der Waals surface area contributed by atoms with Crippen molar-refractivity contribution in [2.24, 2.45) is 0 Å². The molecule has 0 saturated heterocycles. The average Bonchev–Trinajstić information content (AvgIpc) is 2.12. The maximum Gasteiger partial charge on any atom is 0.160 e. The summed E-state index contributed by atoms with van der Waals surface area (Å²) in [6, 6.07) is 3.98. The lowest BCUT2D eigenvalue weighted by Gasteiger charge is -2.00. The maximum atomic E-state index is 4.23. The third-order valence-corrected chi connectivity index (χ3v) is 3.18. The van der Waals surface area contributed by atoms with Gasteiger partial charge in [0.05, 0.1) is 0 Å². The van der Waals surface area contributed by atoms with E-state index in [1.807, 2.05) is 18.3 Å². The Morgan fingerprint density at radius 3 is 3.00 bits per heavy atom. The molecule has 0 amide bonds. The topological polar surface area (TPSA) is 25.8 Å². The van der Waals surface area contributed by atoms with Gasteiger partial charge < -0.3 is 0 Å². The van der Waals surface area contributed by atoms with Crippen molar-refractivity contribution in [1.29, 1.82) is 0 Å². The van der Waals surface area contributed by atoms with Gasteiger partial charge in [-0.15, -0.1) is 0 Å². The summed E-state index contributed by atoms with van der Waals surface area (Å²) in [5.41, 5.74) is 2.03. The molecule has 0 unspecified atom stereocenters. The zero-order valence-electron chi connectivity index (χ0n) is 6.58. The molecule has 3 heteroatoms. The molecule has 2 aromatic heterocycles. The standard InChI is InChI=1S/C9H7IN2/c1-6-5-12-9-7(8(6)10)3-2-4-11-9/h2-5H,1H3. The Morgan fingerprint density at radius 1 is 1.33 bits per heavy atom. The van der Waals surface area contributed by atoms with Crippen LogP contribution >= 0.6 is 22.6 Å². The summed E-state index contributed by atoms with van der Waals surface area (Å²) in [6.07, 6.45) is 3.62. The van der Waals surface area contributed by atoms with Crippen LogP contribution in [0.4, 0.5) is 0 Å². The normalized spacial score (nSPS) is 10.5. The zero-order chi connectivity index (χ0) is 8.55. The fourth-order valence-electron chi connectivity index (χ4n) is 1.10. The number of rotatable bonds is 0. The Bertz CT molecular complexity index is 426. The molecule has 0 aliphatic heterocycles. The van der Waals surface area contributed by atoms with Gasteiger partial charge in [0.25, 0.3) is 0 Å². The number of fused-ring (bicyclic) bond motifs is 1. The van der Waals surface area contributed by atoms with E-state index in [0.29, 0.717) is 0 Å². The number of hydrogen-bond acceptors (Lipinski definition) is 2. The monoisotopic (exact) mass is 270 g/mol. The Labute approximate surface area is 84.2 Å². The third-order valence-electron chi connectivity index (χ3n) is 1.75. The van der Waals surface area contributed by atoms with Gasteiger partial charge in [0.2, 0.25) is 0 Å². The molecule has 2 aromatic rings. The first kappa shape index (κ1) is 7.91. The third kappa shape index (κ3) is 1.18. The molecule has 2 rings (SSSR count). The highest BCUT2D eigenvalue weighted by molar-refractivity contribution is 14.1. The van der Waals surface area contributed by atoms with Gasteiger partial charge in [-0.2, -0.15) is 0 Å². The Morgan fingerprint density at radius 2 is 2.17 bits per heavy atom. The summed E-state index contributed by atoms with van der Waals surface area (Å²) >= 11 is 2.32. The van der Waals surface area contributed by atoms with Gasteiger partial charge in [-0.25, -0.2) is 9.97 Å². The molecule has 0 aliphatic rings. The molecule has 0 radical (unpaired) electrons. The summed E-state index contributed by atoms with van der Waals surface area (Å²) < 4.78 is 1.24. The van der Waals surface area contributed by atoms with Crippen molar-refractivity contribution in [2.45, 2.75) is 6.92 Å². The van der Waals surface area contributed by atoms with Crippen LogP contribution in [0, 0.1) is 10.5 Å². The number of nitrogens with zero attached hydrogens (tertiary/aromatic N) is 2. The van der Waals surface area contributed by atoms with Gasteiger partial charge in [0, 0.05) is 21.4 Å². The predicted molar refractivity (Wildman–Crippen MR) is 57.0 cm³/mol. The minimum absolute atomic E-state index is 0.826. The second-order valence-electron chi connectivity index (χ2n) is 2.63. The smallest absolute Gasteiger partial charge is 0.160 e. The van der Waals surface area contributed by atoms with E-state index < -0.39 is 0 Å². The second kappa shape index (κ2) is 2.97. The minimum Gasteiger partial charge on any atom is -0.237 e. The van der Waals surface area contributed by atoms with Crippen molar-refractivity contribution in [3.8, 4) is 0 Å². The molecule has 0 spiro atoms. The Hall–Kier alpha value is -0.710. The van der Waals surface area contributed by atoms with Crippen LogP contribution in [0.1, 0.15) is 5.56 Å². The minimum atomic E-state index is 0.826. The quantitative estimate of drug-likeness (QED) is 0.687. The van der Waals surface area contributed by atoms with Crippen LogP contribution in [0.5, 0.6) is 0 Å². The largest absolute Gasteiger partial charge is 0.237 e. The van der Waals surface area contributed by atoms with Crippen molar-refractivity contribution < 1.29 is 0 Å². The lowest BCUT2D eigenvalue weighted by Crippen LogP contribution is -1.88. The summed E-state index contributed by atoms with van der Waals surface area (Å²) in [6.45, 7) is 2.06. The van der Waals surface area contributed by atoms with Gasteiger partial charge in [0.15, 0.2) is 5.65 Å². The highest BCUT2D eigenvalue weighted by Gasteiger charge is 2.01. The fourth-order valence-corrected chi connectivity index (χ4v) is 1.66. The van der Waals surface area contributed by atoms with Crippen molar-refractivity contribution in [3.63, 3.8) is 0 Å². The average molecular weight is 270 g/mol. The fraction of sp³-hybridized carbons (Fsp3) is 0.111. The molecular weight excluding hydrogens is 263 g/mol. The number of aromatic nitrogens is 2. The lowest BCUT2D eigenvalue weighted by molar-refractivity contribution is 1.24. The van der Waals surface area contributed by atoms with E-state index >= 15 is 0 Å². The van der Waals surface area contributed by atoms with E-state index in [4.69, 9.17) is 0 Å². The second-order valence-corrected chi connectivity index (χ2v) is 3.71. The highest BCUT2D eigenvalue weighted by Crippen LogP contribution is 2.19. The van der Waals surface area contributed by atoms with E-state index in [1.165, 1.54) is 9.13 Å². The van der Waals surface area contributed by atoms with E-state index in [0.717, 1.165) is 11.0 Å². The number of aryl methyl sites for hydroxylation is 1. The summed E-state index contributed by atoms with van der Waals surface area (Å²) in [5, 5.41) is 1.14. The predicted octanol–water partition coefficient (Wildman–Crippen LogP) is 2.54. The summed E-state index contributed by atoms with van der Waals surface area (Å²) in [5.74, 6) is 0. The van der Waals surface area contributed by atoms with Crippen molar-refractivity contribution in [3.05, 3.63) is 33.7 Å². The van der Waals surface area contributed by atoms with Crippen LogP contribution in [0.2, 0.25) is 0 Å². The van der Waals surface area contributed by atoms with Crippen LogP contribution in [0.3, 0.4) is 0 Å². The molecule has 2 heterocycles. The van der Waals surface area contributed by atoms with E-state index in [9.17, 15) is 0 Å². The summed E-state index contributed by atoms with van der Waals surface area (Å²) in [7, 11) is 0. The van der Waals surface area contributed by atoms with Crippen LogP contribution in [-0.4, -0.2) is 9.97 Å². The van der Waals surface area contributed by atoms with Crippen LogP contribution in [-0.2, 0) is 0 Å². The molecular formula is C9H7IN2. The number of pyridine rings is 2. The van der Waals surface area contributed by atoms with Gasteiger partial charge in [0.1, 0.15) is 0 Å². The van der Waals surface area contributed by atoms with Crippen LogP contribution in [0.15, 0.2) is 24.5 Å². The Kier molecular flexibility index (Phi) is 1.96. The Balaban J connectivity index is 2.91. The van der Waals surface area contributed by atoms with Crippen molar-refractivity contribution >= 4 is 33.6 Å². The molecule has 0 bridgehead atoms. The molecule has 0 saturated carbocycles. The molecule has 12 heavy (non-hydrogen) atoms. The van der Waals surface area contributed by atoms with Gasteiger partial charge in [-0.1, -0.05) is 0 Å². The molecule has 0 aromatic carbocycles. The first-order valence-electron chi connectivity index (χ1n) is 3.65. The van der Waals surface area contributed by atoms with Crippen LogP contribution < -0.4 is 0 Å². The summed E-state index contributed by atoms with van der Waals surface area (Å²) in [4.78, 5) is 8.39. The van der Waals surface area contributed by atoms with E-state index in [-0.39, 0.29) is 0 Å². The first-order valence-corrected chi connectivity index (χ1v) is 4.73. The molecule has 0 N–H and O–H groups in total. The van der Waals surface area contributed by atoms with Gasteiger partial charge in [-0.05, 0) is 47.2 Å². The van der Waals surface area contributed by atoms with Crippen LogP contribution in [0.25, 0.3) is 11.0 Å². The molecule has 0 fully saturated rings. The number of hydrogen-bond donors (Lipinski definition) is 0. The van der Waals surface area contributed by atoms with Crippen molar-refractivity contribution in [1.82, 2.24) is 9.97 Å².